The maximum Gasteiger partial charge on any atom is 0.122 e. The van der Waals surface area contributed by atoms with Gasteiger partial charge in [-0.1, -0.05) is 20.8 Å². The van der Waals surface area contributed by atoms with Gasteiger partial charge in [-0.25, -0.2) is 0 Å². The van der Waals surface area contributed by atoms with E-state index in [-0.39, 0.29) is 11.0 Å². The van der Waals surface area contributed by atoms with Crippen molar-refractivity contribution < 1.29 is 4.74 Å². The van der Waals surface area contributed by atoms with E-state index in [1.54, 1.807) is 7.11 Å². The Bertz CT molecular complexity index is 414. The fraction of sp³-hybridized carbons (Fsp3) is 0.625. The smallest absolute Gasteiger partial charge is 0.122 e. The van der Waals surface area contributed by atoms with Crippen molar-refractivity contribution in [1.82, 2.24) is 0 Å². The van der Waals surface area contributed by atoms with E-state index in [1.807, 2.05) is 19.9 Å². The van der Waals surface area contributed by atoms with E-state index in [2.05, 4.69) is 38.2 Å². The van der Waals surface area contributed by atoms with Gasteiger partial charge in [0, 0.05) is 23.3 Å². The Morgan fingerprint density at radius 1 is 1.16 bits per heavy atom. The van der Waals surface area contributed by atoms with Crippen LogP contribution in [0.1, 0.15) is 46.6 Å². The Labute approximate surface area is 117 Å². The maximum atomic E-state index is 5.98. The van der Waals surface area contributed by atoms with Gasteiger partial charge in [0.05, 0.1) is 7.11 Å². The zero-order valence-corrected chi connectivity index (χ0v) is 13.1. The van der Waals surface area contributed by atoms with Crippen LogP contribution < -0.4 is 15.8 Å². The van der Waals surface area contributed by atoms with Crippen LogP contribution in [0, 0.1) is 0 Å². The highest BCUT2D eigenvalue weighted by atomic mass is 16.5. The van der Waals surface area contributed by atoms with E-state index in [1.165, 1.54) is 5.56 Å². The largest absolute Gasteiger partial charge is 0.496 e. The second-order valence-corrected chi connectivity index (χ2v) is 6.83. The molecule has 0 saturated heterocycles. The van der Waals surface area contributed by atoms with Crippen LogP contribution in [0.4, 0.5) is 5.69 Å². The summed E-state index contributed by atoms with van der Waals surface area (Å²) in [5, 5.41) is 3.43. The van der Waals surface area contributed by atoms with Gasteiger partial charge in [-0.3, -0.25) is 0 Å². The Morgan fingerprint density at radius 3 is 2.26 bits per heavy atom. The van der Waals surface area contributed by atoms with Crippen molar-refractivity contribution >= 4 is 5.69 Å². The minimum absolute atomic E-state index is 0.0656. The second kappa shape index (κ2) is 5.83. The van der Waals surface area contributed by atoms with E-state index in [0.717, 1.165) is 24.4 Å². The van der Waals surface area contributed by atoms with Crippen LogP contribution in [0.2, 0.25) is 0 Å². The lowest BCUT2D eigenvalue weighted by Gasteiger charge is -2.24. The van der Waals surface area contributed by atoms with Gasteiger partial charge in [0.1, 0.15) is 5.75 Å². The minimum atomic E-state index is -0.133. The summed E-state index contributed by atoms with van der Waals surface area (Å²) in [5.74, 6) is 0.942. The highest BCUT2D eigenvalue weighted by molar-refractivity contribution is 5.53. The molecule has 1 aromatic rings. The monoisotopic (exact) mass is 264 g/mol. The highest BCUT2D eigenvalue weighted by Crippen LogP contribution is 2.33. The molecule has 0 fully saturated rings. The lowest BCUT2D eigenvalue weighted by molar-refractivity contribution is 0.397. The topological polar surface area (TPSA) is 47.3 Å². The van der Waals surface area contributed by atoms with Crippen molar-refractivity contribution in [3.8, 4) is 5.75 Å². The molecule has 108 valence electrons. The summed E-state index contributed by atoms with van der Waals surface area (Å²) in [5.41, 5.74) is 8.25. The van der Waals surface area contributed by atoms with Crippen LogP contribution in [-0.4, -0.2) is 19.2 Å². The second-order valence-electron chi connectivity index (χ2n) is 6.83. The number of nitrogens with two attached hydrogens (primary N) is 1. The lowest BCUT2D eigenvalue weighted by atomic mass is 9.86. The van der Waals surface area contributed by atoms with Crippen LogP contribution in [0.15, 0.2) is 18.2 Å². The van der Waals surface area contributed by atoms with Gasteiger partial charge < -0.3 is 15.8 Å². The number of anilines is 1. The first kappa shape index (κ1) is 15.8. The first-order chi connectivity index (χ1) is 8.63. The molecule has 0 aliphatic carbocycles. The number of hydrogen-bond donors (Lipinski definition) is 2. The molecule has 0 heterocycles. The summed E-state index contributed by atoms with van der Waals surface area (Å²) in [7, 11) is 1.72. The van der Waals surface area contributed by atoms with Crippen molar-refractivity contribution in [3.63, 3.8) is 0 Å². The van der Waals surface area contributed by atoms with E-state index < -0.39 is 0 Å². The summed E-state index contributed by atoms with van der Waals surface area (Å²) in [6, 6.07) is 6.25. The predicted molar refractivity (Wildman–Crippen MR) is 83.1 cm³/mol. The molecule has 0 aromatic heterocycles. The first-order valence-electron chi connectivity index (χ1n) is 6.85. The van der Waals surface area contributed by atoms with Crippen LogP contribution in [0.5, 0.6) is 5.75 Å². The van der Waals surface area contributed by atoms with Crippen molar-refractivity contribution in [2.45, 2.75) is 52.0 Å². The van der Waals surface area contributed by atoms with E-state index in [4.69, 9.17) is 10.5 Å². The Balaban J connectivity index is 2.82. The molecule has 3 heteroatoms. The molecule has 1 rings (SSSR count). The van der Waals surface area contributed by atoms with Crippen LogP contribution in [-0.2, 0) is 5.41 Å². The first-order valence-corrected chi connectivity index (χ1v) is 6.85. The molecule has 3 N–H and O–H groups in total. The number of ether oxygens (including phenoxy) is 1. The van der Waals surface area contributed by atoms with Crippen LogP contribution >= 0.6 is 0 Å². The van der Waals surface area contributed by atoms with Gasteiger partial charge >= 0.3 is 0 Å². The normalized spacial score (nSPS) is 12.4. The molecule has 1 aromatic carbocycles. The number of methoxy groups -OCH3 is 1. The van der Waals surface area contributed by atoms with Crippen molar-refractivity contribution in [2.75, 3.05) is 19.0 Å². The zero-order chi connectivity index (χ0) is 14.7. The fourth-order valence-electron chi connectivity index (χ4n) is 1.93. The molecule has 0 amide bonds. The molecule has 0 unspecified atom stereocenters. The molecule has 0 aliphatic rings. The minimum Gasteiger partial charge on any atom is -0.496 e. The average Bonchev–Trinajstić information content (AvgIpc) is 2.26. The Kier molecular flexibility index (Phi) is 4.86. The van der Waals surface area contributed by atoms with Gasteiger partial charge in [0.2, 0.25) is 0 Å². The molecule has 19 heavy (non-hydrogen) atoms. The average molecular weight is 264 g/mol. The van der Waals surface area contributed by atoms with Gasteiger partial charge in [0.15, 0.2) is 0 Å². The van der Waals surface area contributed by atoms with E-state index in [9.17, 15) is 0 Å². The Morgan fingerprint density at radius 2 is 1.79 bits per heavy atom. The molecule has 0 aliphatic heterocycles. The van der Waals surface area contributed by atoms with Gasteiger partial charge in [0.25, 0.3) is 0 Å². The number of nitrogens with one attached hydrogen (secondary N) is 1. The molecule has 3 nitrogen and oxygen atoms in total. The summed E-state index contributed by atoms with van der Waals surface area (Å²) in [6.07, 6.45) is 0.934. The summed E-state index contributed by atoms with van der Waals surface area (Å²) < 4.78 is 5.44. The summed E-state index contributed by atoms with van der Waals surface area (Å²) in [4.78, 5) is 0. The summed E-state index contributed by atoms with van der Waals surface area (Å²) >= 11 is 0. The van der Waals surface area contributed by atoms with Gasteiger partial charge in [-0.15, -0.1) is 0 Å². The van der Waals surface area contributed by atoms with Crippen molar-refractivity contribution in [1.29, 1.82) is 0 Å². The molecule has 0 atom stereocenters. The van der Waals surface area contributed by atoms with Crippen LogP contribution in [0.25, 0.3) is 0 Å². The zero-order valence-electron chi connectivity index (χ0n) is 13.1. The van der Waals surface area contributed by atoms with E-state index in [0.29, 0.717) is 0 Å². The standard InChI is InChI=1S/C16H28N2O/c1-15(2,3)13-11-12(7-8-14(13)19-6)18-10-9-16(4,5)17/h7-8,11,18H,9-10,17H2,1-6H3. The highest BCUT2D eigenvalue weighted by Gasteiger charge is 2.19. The molecule has 0 spiro atoms. The van der Waals surface area contributed by atoms with E-state index >= 15 is 0 Å². The molecule has 0 bridgehead atoms. The molecular weight excluding hydrogens is 236 g/mol. The van der Waals surface area contributed by atoms with Crippen molar-refractivity contribution in [2.24, 2.45) is 5.73 Å². The molecular formula is C16H28N2O. The number of hydrogen-bond acceptors (Lipinski definition) is 3. The number of rotatable bonds is 5. The third-order valence-electron chi connectivity index (χ3n) is 3.11. The van der Waals surface area contributed by atoms with Crippen LogP contribution in [0.3, 0.4) is 0 Å². The summed E-state index contributed by atoms with van der Waals surface area (Å²) in [6.45, 7) is 11.5. The van der Waals surface area contributed by atoms with Crippen molar-refractivity contribution in [3.05, 3.63) is 23.8 Å². The molecule has 0 radical (unpaired) electrons. The maximum absolute atomic E-state index is 5.98. The van der Waals surface area contributed by atoms with Gasteiger partial charge in [-0.05, 0) is 43.9 Å². The predicted octanol–water partition coefficient (Wildman–Crippen LogP) is 3.53. The third kappa shape index (κ3) is 5.11. The SMILES string of the molecule is COc1ccc(NCCC(C)(C)N)cc1C(C)(C)C. The van der Waals surface area contributed by atoms with Gasteiger partial charge in [-0.2, -0.15) is 0 Å². The number of benzene rings is 1. The molecule has 0 saturated carbocycles. The third-order valence-corrected chi connectivity index (χ3v) is 3.11. The quantitative estimate of drug-likeness (QED) is 0.855. The fourth-order valence-corrected chi connectivity index (χ4v) is 1.93. The lowest BCUT2D eigenvalue weighted by Crippen LogP contribution is -2.34. The Hall–Kier alpha value is -1.22.